The summed E-state index contributed by atoms with van der Waals surface area (Å²) in [5, 5.41) is 30.2. The number of hydrogen-bond donors (Lipinski definition) is 4. The minimum atomic E-state index is -4.76. The summed E-state index contributed by atoms with van der Waals surface area (Å²) >= 11 is 0. The molecular weight excluding hydrogens is 470 g/mol. The van der Waals surface area contributed by atoms with E-state index in [1.807, 2.05) is 18.2 Å². The number of aromatic nitrogens is 2. The van der Waals surface area contributed by atoms with Crippen LogP contribution in [-0.4, -0.2) is 58.1 Å². The molecule has 2 aromatic rings. The Morgan fingerprint density at radius 3 is 2.00 bits per heavy atom. The van der Waals surface area contributed by atoms with Crippen LogP contribution in [0.2, 0.25) is 0 Å². The lowest BCUT2D eigenvalue weighted by molar-refractivity contribution is -0.154. The number of aliphatic hydroxyl groups is 2. The second-order valence-corrected chi connectivity index (χ2v) is 6.57. The van der Waals surface area contributed by atoms with Gasteiger partial charge in [0.05, 0.1) is 28.4 Å². The first-order valence-electron chi connectivity index (χ1n) is 9.64. The van der Waals surface area contributed by atoms with Crippen LogP contribution in [0.3, 0.4) is 0 Å². The highest BCUT2D eigenvalue weighted by molar-refractivity contribution is 5.94. The van der Waals surface area contributed by atoms with Gasteiger partial charge in [0.1, 0.15) is 0 Å². The number of nitrogens with zero attached hydrogens (tertiary/aromatic N) is 2. The van der Waals surface area contributed by atoms with Gasteiger partial charge in [0.15, 0.2) is 6.61 Å². The molecule has 190 valence electrons. The lowest BCUT2D eigenvalue weighted by Crippen LogP contribution is -2.20. The predicted octanol–water partition coefficient (Wildman–Crippen LogP) is 4.43. The minimum Gasteiger partial charge on any atom is -0.468 e. The van der Waals surface area contributed by atoms with Gasteiger partial charge in [0.2, 0.25) is 5.88 Å². The maximum atomic E-state index is 12.5. The molecule has 0 fully saturated rings. The third-order valence-corrected chi connectivity index (χ3v) is 3.68. The minimum absolute atomic E-state index is 0.190. The SMILES string of the molecule is CC(=N)c1cc(C(F)(F)F)cc(OCC(F)(F)F)n1.CC(=N)c1cccc(CCCO)n1.CO. The molecule has 0 saturated carbocycles. The number of halogens is 6. The Morgan fingerprint density at radius 1 is 0.941 bits per heavy atom. The van der Waals surface area contributed by atoms with Crippen LogP contribution < -0.4 is 4.74 Å². The molecule has 0 spiro atoms. The molecule has 0 aliphatic rings. The highest BCUT2D eigenvalue weighted by atomic mass is 19.4. The van der Waals surface area contributed by atoms with E-state index in [9.17, 15) is 26.3 Å². The van der Waals surface area contributed by atoms with Crippen molar-refractivity contribution in [2.75, 3.05) is 20.3 Å². The molecule has 0 amide bonds. The second kappa shape index (κ2) is 14.3. The molecule has 0 aliphatic carbocycles. The van der Waals surface area contributed by atoms with Gasteiger partial charge in [-0.3, -0.25) is 4.98 Å². The molecule has 13 heteroatoms. The predicted molar refractivity (Wildman–Crippen MR) is 114 cm³/mol. The lowest BCUT2D eigenvalue weighted by Gasteiger charge is -2.12. The second-order valence-electron chi connectivity index (χ2n) is 6.57. The van der Waals surface area contributed by atoms with E-state index in [4.69, 9.17) is 21.0 Å². The van der Waals surface area contributed by atoms with Crippen LogP contribution in [0.25, 0.3) is 0 Å². The molecule has 2 heterocycles. The van der Waals surface area contributed by atoms with Crippen LogP contribution in [0.4, 0.5) is 26.3 Å². The lowest BCUT2D eigenvalue weighted by atomic mass is 10.2. The Bertz CT molecular complexity index is 933. The zero-order chi connectivity index (χ0) is 26.5. The molecular formula is C21H26F6N4O3. The quantitative estimate of drug-likeness (QED) is 0.334. The number of aryl methyl sites for hydroxylation is 1. The van der Waals surface area contributed by atoms with E-state index in [-0.39, 0.29) is 12.3 Å². The van der Waals surface area contributed by atoms with E-state index in [1.54, 1.807) is 6.92 Å². The summed E-state index contributed by atoms with van der Waals surface area (Å²) in [6, 6.07) is 6.57. The zero-order valence-corrected chi connectivity index (χ0v) is 18.7. The summed E-state index contributed by atoms with van der Waals surface area (Å²) in [6.45, 7) is 1.32. The molecule has 34 heavy (non-hydrogen) atoms. The summed E-state index contributed by atoms with van der Waals surface area (Å²) in [7, 11) is 1.00. The molecule has 4 N–H and O–H groups in total. The summed E-state index contributed by atoms with van der Waals surface area (Å²) in [5.41, 5.74) is 0.204. The molecule has 7 nitrogen and oxygen atoms in total. The van der Waals surface area contributed by atoms with Gasteiger partial charge in [-0.25, -0.2) is 4.98 Å². The fourth-order valence-corrected chi connectivity index (χ4v) is 2.18. The van der Waals surface area contributed by atoms with Crippen molar-refractivity contribution in [3.63, 3.8) is 0 Å². The Hall–Kier alpha value is -3.06. The number of aliphatic hydroxyl groups excluding tert-OH is 2. The van der Waals surface area contributed by atoms with Crippen LogP contribution in [0.5, 0.6) is 5.88 Å². The standard InChI is InChI=1S/C10H8F6N2O.C10H14N2O.CH4O/c1-5(17)7-2-6(10(14,15)16)3-8(18-7)19-4-9(11,12)13;1-8(11)10-6-2-4-9(12-10)5-3-7-13;1-2/h2-3,17H,4H2,1H3;2,4,6,11,13H,3,5,7H2,1H3;2H,1H3. The van der Waals surface area contributed by atoms with E-state index in [0.717, 1.165) is 38.3 Å². The third kappa shape index (κ3) is 12.3. The largest absolute Gasteiger partial charge is 0.468 e. The highest BCUT2D eigenvalue weighted by Gasteiger charge is 2.33. The zero-order valence-electron chi connectivity index (χ0n) is 18.7. The van der Waals surface area contributed by atoms with Crippen LogP contribution in [0, 0.1) is 10.8 Å². The van der Waals surface area contributed by atoms with E-state index in [1.165, 1.54) is 0 Å². The van der Waals surface area contributed by atoms with Crippen LogP contribution in [0.1, 0.15) is 42.9 Å². The van der Waals surface area contributed by atoms with E-state index in [0.29, 0.717) is 17.8 Å². The van der Waals surface area contributed by atoms with E-state index >= 15 is 0 Å². The van der Waals surface area contributed by atoms with Crippen molar-refractivity contribution in [2.24, 2.45) is 0 Å². The topological polar surface area (TPSA) is 123 Å². The van der Waals surface area contributed by atoms with Gasteiger partial charge in [-0.2, -0.15) is 26.3 Å². The first-order valence-corrected chi connectivity index (χ1v) is 9.64. The summed E-state index contributed by atoms with van der Waals surface area (Å²) in [4.78, 5) is 7.68. The number of hydrogen-bond acceptors (Lipinski definition) is 7. The number of ether oxygens (including phenoxy) is 1. The van der Waals surface area contributed by atoms with Crippen molar-refractivity contribution < 1.29 is 41.3 Å². The third-order valence-electron chi connectivity index (χ3n) is 3.68. The molecule has 2 rings (SSSR count). The molecule has 0 bridgehead atoms. The molecule has 0 unspecified atom stereocenters. The maximum Gasteiger partial charge on any atom is 0.422 e. The summed E-state index contributed by atoms with van der Waals surface area (Å²) in [5.74, 6) is -0.825. The fraction of sp³-hybridized carbons (Fsp3) is 0.429. The van der Waals surface area contributed by atoms with Gasteiger partial charge < -0.3 is 25.8 Å². The smallest absolute Gasteiger partial charge is 0.422 e. The summed E-state index contributed by atoms with van der Waals surface area (Å²) in [6.07, 6.45) is -7.94. The molecule has 0 saturated heterocycles. The highest BCUT2D eigenvalue weighted by Crippen LogP contribution is 2.32. The number of pyridine rings is 2. The van der Waals surface area contributed by atoms with Gasteiger partial charge in [-0.1, -0.05) is 6.07 Å². The van der Waals surface area contributed by atoms with Crippen molar-refractivity contribution in [2.45, 2.75) is 39.0 Å². The van der Waals surface area contributed by atoms with Gasteiger partial charge in [-0.15, -0.1) is 0 Å². The van der Waals surface area contributed by atoms with Gasteiger partial charge in [0, 0.05) is 25.5 Å². The number of nitrogens with one attached hydrogen (secondary N) is 2. The van der Waals surface area contributed by atoms with Gasteiger partial charge in [-0.05, 0) is 44.9 Å². The van der Waals surface area contributed by atoms with Crippen molar-refractivity contribution >= 4 is 11.4 Å². The number of alkyl halides is 6. The first-order chi connectivity index (χ1) is 15.7. The van der Waals surface area contributed by atoms with Crippen molar-refractivity contribution in [1.82, 2.24) is 9.97 Å². The maximum absolute atomic E-state index is 12.5. The average Bonchev–Trinajstić information content (AvgIpc) is 2.77. The Labute approximate surface area is 192 Å². The summed E-state index contributed by atoms with van der Waals surface area (Å²) < 4.78 is 77.4. The normalized spacial score (nSPS) is 10.9. The molecule has 0 atom stereocenters. The van der Waals surface area contributed by atoms with E-state index < -0.39 is 36.1 Å². The van der Waals surface area contributed by atoms with Crippen molar-refractivity contribution in [3.05, 3.63) is 53.0 Å². The first kappa shape index (κ1) is 30.9. The van der Waals surface area contributed by atoms with Crippen LogP contribution in [0.15, 0.2) is 30.3 Å². The monoisotopic (exact) mass is 496 g/mol. The Balaban J connectivity index is 0.000000633. The van der Waals surface area contributed by atoms with Crippen molar-refractivity contribution in [3.8, 4) is 5.88 Å². The molecule has 0 radical (unpaired) electrons. The van der Waals surface area contributed by atoms with Crippen molar-refractivity contribution in [1.29, 1.82) is 10.8 Å². The Kier molecular flexibility index (Phi) is 13.0. The van der Waals surface area contributed by atoms with Crippen LogP contribution in [-0.2, 0) is 12.6 Å². The molecule has 0 aliphatic heterocycles. The van der Waals surface area contributed by atoms with E-state index in [2.05, 4.69) is 14.7 Å². The number of rotatable bonds is 7. The fourth-order valence-electron chi connectivity index (χ4n) is 2.18. The Morgan fingerprint density at radius 2 is 1.53 bits per heavy atom. The van der Waals surface area contributed by atoms with Gasteiger partial charge >= 0.3 is 12.4 Å². The van der Waals surface area contributed by atoms with Gasteiger partial charge in [0.25, 0.3) is 0 Å². The molecule has 0 aromatic carbocycles. The van der Waals surface area contributed by atoms with Crippen LogP contribution >= 0.6 is 0 Å². The average molecular weight is 496 g/mol. The molecule has 2 aromatic heterocycles.